The maximum Gasteiger partial charge on any atom is 0.345 e. The molecule has 3 nitrogen and oxygen atoms in total. The Bertz CT molecular complexity index is 638. The van der Waals surface area contributed by atoms with Gasteiger partial charge < -0.3 is 9.84 Å². The fourth-order valence-corrected chi connectivity index (χ4v) is 2.11. The molecular weight excluding hydrogens is 311 g/mol. The van der Waals surface area contributed by atoms with Crippen molar-refractivity contribution in [3.63, 3.8) is 0 Å². The molecule has 0 fully saturated rings. The molecule has 0 saturated heterocycles. The summed E-state index contributed by atoms with van der Waals surface area (Å²) in [6.07, 6.45) is -0.708. The van der Waals surface area contributed by atoms with Crippen molar-refractivity contribution < 1.29 is 14.6 Å². The highest BCUT2D eigenvalue weighted by Crippen LogP contribution is 2.23. The molecule has 2 aromatic carbocycles. The van der Waals surface area contributed by atoms with Crippen LogP contribution in [0.3, 0.4) is 0 Å². The molecule has 0 heterocycles. The lowest BCUT2D eigenvalue weighted by Crippen LogP contribution is -2.29. The van der Waals surface area contributed by atoms with E-state index in [2.05, 4.69) is 0 Å². The first-order valence-electron chi connectivity index (χ1n) is 6.36. The van der Waals surface area contributed by atoms with Crippen LogP contribution in [0.15, 0.2) is 42.5 Å². The molecule has 0 bridgehead atoms. The van der Waals surface area contributed by atoms with Gasteiger partial charge in [0.05, 0.1) is 0 Å². The number of rotatable bonds is 5. The lowest BCUT2D eigenvalue weighted by atomic mass is 10.1. The van der Waals surface area contributed by atoms with Crippen molar-refractivity contribution in [1.82, 2.24) is 0 Å². The van der Waals surface area contributed by atoms with E-state index in [4.69, 9.17) is 27.9 Å². The quantitative estimate of drug-likeness (QED) is 0.887. The van der Waals surface area contributed by atoms with Crippen LogP contribution in [0.2, 0.25) is 10.0 Å². The zero-order valence-electron chi connectivity index (χ0n) is 11.3. The number of benzene rings is 2. The summed E-state index contributed by atoms with van der Waals surface area (Å²) < 4.78 is 5.55. The molecule has 21 heavy (non-hydrogen) atoms. The highest BCUT2D eigenvalue weighted by molar-refractivity contribution is 6.31. The Morgan fingerprint density at radius 3 is 2.43 bits per heavy atom. The summed E-state index contributed by atoms with van der Waals surface area (Å²) in [5, 5.41) is 10.5. The van der Waals surface area contributed by atoms with Gasteiger partial charge in [0.25, 0.3) is 0 Å². The maximum atomic E-state index is 11.3. The van der Waals surface area contributed by atoms with Gasteiger partial charge in [-0.1, -0.05) is 35.3 Å². The van der Waals surface area contributed by atoms with Crippen LogP contribution in [-0.4, -0.2) is 17.2 Å². The van der Waals surface area contributed by atoms with Gasteiger partial charge in [0, 0.05) is 16.5 Å². The summed E-state index contributed by atoms with van der Waals surface area (Å²) in [7, 11) is 0. The molecule has 110 valence electrons. The summed E-state index contributed by atoms with van der Waals surface area (Å²) in [6.45, 7) is 1.84. The van der Waals surface area contributed by atoms with Crippen molar-refractivity contribution in [2.45, 2.75) is 19.4 Å². The minimum atomic E-state index is -1.02. The standard InChI is InChI=1S/C16H14Cl2O3/c1-10-8-13(6-7-14(10)18)21-15(16(19)20)9-11-2-4-12(17)5-3-11/h2-8,15H,9H2,1H3,(H,19,20)/t15-/m0/s1. The predicted molar refractivity (Wildman–Crippen MR) is 83.4 cm³/mol. The minimum absolute atomic E-state index is 0.258. The van der Waals surface area contributed by atoms with Gasteiger partial charge in [-0.25, -0.2) is 4.79 Å². The van der Waals surface area contributed by atoms with E-state index in [1.54, 1.807) is 42.5 Å². The molecule has 0 saturated carbocycles. The highest BCUT2D eigenvalue weighted by atomic mass is 35.5. The predicted octanol–water partition coefficient (Wildman–Crippen LogP) is 4.38. The number of carbonyl (C=O) groups is 1. The second kappa shape index (κ2) is 6.83. The Hall–Kier alpha value is -1.71. The van der Waals surface area contributed by atoms with Crippen LogP contribution >= 0.6 is 23.2 Å². The van der Waals surface area contributed by atoms with E-state index >= 15 is 0 Å². The molecule has 0 aromatic heterocycles. The smallest absolute Gasteiger partial charge is 0.345 e. The summed E-state index contributed by atoms with van der Waals surface area (Å²) >= 11 is 11.8. The largest absolute Gasteiger partial charge is 0.478 e. The third kappa shape index (κ3) is 4.38. The van der Waals surface area contributed by atoms with Gasteiger partial charge in [0.15, 0.2) is 6.10 Å². The van der Waals surface area contributed by atoms with Crippen molar-refractivity contribution in [2.75, 3.05) is 0 Å². The lowest BCUT2D eigenvalue weighted by molar-refractivity contribution is -0.145. The first kappa shape index (κ1) is 15.7. The molecule has 0 aliphatic rings. The van der Waals surface area contributed by atoms with Crippen molar-refractivity contribution in [3.8, 4) is 5.75 Å². The van der Waals surface area contributed by atoms with Crippen LogP contribution in [0.1, 0.15) is 11.1 Å². The normalized spacial score (nSPS) is 12.0. The fraction of sp³-hybridized carbons (Fsp3) is 0.188. The molecule has 1 N–H and O–H groups in total. The molecular formula is C16H14Cl2O3. The third-order valence-electron chi connectivity index (χ3n) is 3.02. The molecule has 0 aliphatic carbocycles. The van der Waals surface area contributed by atoms with Gasteiger partial charge in [-0.3, -0.25) is 0 Å². The van der Waals surface area contributed by atoms with E-state index in [1.165, 1.54) is 0 Å². The summed E-state index contributed by atoms with van der Waals surface area (Å²) in [5.41, 5.74) is 1.68. The first-order chi connectivity index (χ1) is 9.95. The molecule has 5 heteroatoms. The Balaban J connectivity index is 2.13. The highest BCUT2D eigenvalue weighted by Gasteiger charge is 2.20. The topological polar surface area (TPSA) is 46.5 Å². The first-order valence-corrected chi connectivity index (χ1v) is 7.11. The zero-order chi connectivity index (χ0) is 15.4. The minimum Gasteiger partial charge on any atom is -0.478 e. The molecule has 2 rings (SSSR count). The summed E-state index contributed by atoms with van der Waals surface area (Å²) in [5.74, 6) is -0.532. The lowest BCUT2D eigenvalue weighted by Gasteiger charge is -2.16. The SMILES string of the molecule is Cc1cc(O[C@@H](Cc2ccc(Cl)cc2)C(=O)O)ccc1Cl. The van der Waals surface area contributed by atoms with Gasteiger partial charge in [0.2, 0.25) is 0 Å². The van der Waals surface area contributed by atoms with Crippen molar-refractivity contribution in [1.29, 1.82) is 0 Å². The Morgan fingerprint density at radius 2 is 1.86 bits per heavy atom. The third-order valence-corrected chi connectivity index (χ3v) is 3.69. The summed E-state index contributed by atoms with van der Waals surface area (Å²) in [4.78, 5) is 11.3. The van der Waals surface area contributed by atoms with Crippen LogP contribution < -0.4 is 4.74 Å². The van der Waals surface area contributed by atoms with E-state index in [9.17, 15) is 9.90 Å². The average Bonchev–Trinajstić information content (AvgIpc) is 2.44. The fourth-order valence-electron chi connectivity index (χ4n) is 1.87. The van der Waals surface area contributed by atoms with Crippen molar-refractivity contribution in [3.05, 3.63) is 63.6 Å². The van der Waals surface area contributed by atoms with E-state index in [0.717, 1.165) is 11.1 Å². The molecule has 0 radical (unpaired) electrons. The van der Waals surface area contributed by atoms with Gasteiger partial charge in [-0.05, 0) is 48.4 Å². The van der Waals surface area contributed by atoms with Crippen molar-refractivity contribution in [2.24, 2.45) is 0 Å². The average molecular weight is 325 g/mol. The van der Waals surface area contributed by atoms with E-state index in [1.807, 2.05) is 6.92 Å². The van der Waals surface area contributed by atoms with Crippen LogP contribution in [0.25, 0.3) is 0 Å². The number of halogens is 2. The number of carboxylic acid groups (broad SMARTS) is 1. The Kier molecular flexibility index (Phi) is 5.10. The monoisotopic (exact) mass is 324 g/mol. The number of hydrogen-bond acceptors (Lipinski definition) is 2. The van der Waals surface area contributed by atoms with Crippen LogP contribution in [-0.2, 0) is 11.2 Å². The number of aryl methyl sites for hydroxylation is 1. The molecule has 0 spiro atoms. The number of hydrogen-bond donors (Lipinski definition) is 1. The molecule has 0 aliphatic heterocycles. The van der Waals surface area contributed by atoms with Gasteiger partial charge in [-0.15, -0.1) is 0 Å². The van der Waals surface area contributed by atoms with E-state index in [0.29, 0.717) is 15.8 Å². The van der Waals surface area contributed by atoms with Crippen LogP contribution in [0, 0.1) is 6.92 Å². The second-order valence-corrected chi connectivity index (χ2v) is 5.53. The van der Waals surface area contributed by atoms with Gasteiger partial charge in [0.1, 0.15) is 5.75 Å². The van der Waals surface area contributed by atoms with Gasteiger partial charge in [-0.2, -0.15) is 0 Å². The molecule has 1 atom stereocenters. The Labute approximate surface area is 133 Å². The maximum absolute atomic E-state index is 11.3. The zero-order valence-corrected chi connectivity index (χ0v) is 12.9. The molecule has 0 amide bonds. The number of ether oxygens (including phenoxy) is 1. The Morgan fingerprint density at radius 1 is 1.19 bits per heavy atom. The summed E-state index contributed by atoms with van der Waals surface area (Å²) in [6, 6.07) is 12.1. The van der Waals surface area contributed by atoms with E-state index < -0.39 is 12.1 Å². The van der Waals surface area contributed by atoms with Gasteiger partial charge >= 0.3 is 5.97 Å². The van der Waals surface area contributed by atoms with E-state index in [-0.39, 0.29) is 6.42 Å². The van der Waals surface area contributed by atoms with Crippen LogP contribution in [0.5, 0.6) is 5.75 Å². The second-order valence-electron chi connectivity index (χ2n) is 4.69. The molecule has 0 unspecified atom stereocenters. The molecule has 2 aromatic rings. The van der Waals surface area contributed by atoms with Crippen molar-refractivity contribution >= 4 is 29.2 Å². The number of aliphatic carboxylic acids is 1. The van der Waals surface area contributed by atoms with Crippen LogP contribution in [0.4, 0.5) is 0 Å². The number of carboxylic acids is 1.